The topological polar surface area (TPSA) is 20.3 Å². The largest absolute Gasteiger partial charge is 0.334 e. The van der Waals surface area contributed by atoms with E-state index in [1.165, 1.54) is 11.3 Å². The number of thiophene rings is 1. The Bertz CT molecular complexity index is 629. The summed E-state index contributed by atoms with van der Waals surface area (Å²) in [6.07, 6.45) is 0. The number of carbonyl (C=O) groups excluding carboxylic acids is 1. The van der Waals surface area contributed by atoms with Crippen LogP contribution in [0, 0.1) is 0 Å². The van der Waals surface area contributed by atoms with Crippen LogP contribution in [0.5, 0.6) is 0 Å². The van der Waals surface area contributed by atoms with Gasteiger partial charge in [0.2, 0.25) is 0 Å². The maximum Gasteiger partial charge on any atom is 0.254 e. The van der Waals surface area contributed by atoms with Gasteiger partial charge in [-0.2, -0.15) is 0 Å². The SMILES string of the molecule is CCN(Cc1ccc(Cl)s1)C(=O)c1ccc(Br)c(Cl)c1. The van der Waals surface area contributed by atoms with Gasteiger partial charge in [0.1, 0.15) is 0 Å². The summed E-state index contributed by atoms with van der Waals surface area (Å²) >= 11 is 16.8. The molecule has 0 radical (unpaired) electrons. The van der Waals surface area contributed by atoms with Gasteiger partial charge in [0.15, 0.2) is 0 Å². The molecule has 0 fully saturated rings. The van der Waals surface area contributed by atoms with Crippen molar-refractivity contribution in [3.63, 3.8) is 0 Å². The highest BCUT2D eigenvalue weighted by atomic mass is 79.9. The van der Waals surface area contributed by atoms with E-state index in [2.05, 4.69) is 15.9 Å². The van der Waals surface area contributed by atoms with Crippen molar-refractivity contribution >= 4 is 56.4 Å². The predicted molar refractivity (Wildman–Crippen MR) is 88.9 cm³/mol. The van der Waals surface area contributed by atoms with E-state index in [4.69, 9.17) is 23.2 Å². The second-order valence-electron chi connectivity index (χ2n) is 4.15. The van der Waals surface area contributed by atoms with Gasteiger partial charge in [0, 0.05) is 21.5 Å². The van der Waals surface area contributed by atoms with Gasteiger partial charge in [-0.1, -0.05) is 23.2 Å². The number of carbonyl (C=O) groups is 1. The highest BCUT2D eigenvalue weighted by molar-refractivity contribution is 9.10. The van der Waals surface area contributed by atoms with Crippen LogP contribution in [0.15, 0.2) is 34.8 Å². The van der Waals surface area contributed by atoms with Gasteiger partial charge in [-0.05, 0) is 53.2 Å². The molecule has 2 aromatic rings. The Labute approximate surface area is 140 Å². The van der Waals surface area contributed by atoms with E-state index in [9.17, 15) is 4.79 Å². The molecule has 2 rings (SSSR count). The molecule has 0 saturated carbocycles. The molecule has 0 bridgehead atoms. The van der Waals surface area contributed by atoms with Crippen LogP contribution in [0.2, 0.25) is 9.36 Å². The Morgan fingerprint density at radius 1 is 1.30 bits per heavy atom. The van der Waals surface area contributed by atoms with Gasteiger partial charge >= 0.3 is 0 Å². The molecule has 1 amide bonds. The van der Waals surface area contributed by atoms with Gasteiger partial charge in [-0.15, -0.1) is 11.3 Å². The summed E-state index contributed by atoms with van der Waals surface area (Å²) in [7, 11) is 0. The predicted octanol–water partition coefficient (Wildman–Crippen LogP) is 5.48. The number of rotatable bonds is 4. The van der Waals surface area contributed by atoms with Gasteiger partial charge in [-0.25, -0.2) is 0 Å². The smallest absolute Gasteiger partial charge is 0.254 e. The van der Waals surface area contributed by atoms with Crippen molar-refractivity contribution < 1.29 is 4.79 Å². The summed E-state index contributed by atoms with van der Waals surface area (Å²) in [5.41, 5.74) is 0.586. The fraction of sp³-hybridized carbons (Fsp3) is 0.214. The number of nitrogens with zero attached hydrogens (tertiary/aromatic N) is 1. The first-order valence-corrected chi connectivity index (χ1v) is 8.36. The van der Waals surface area contributed by atoms with Crippen molar-refractivity contribution in [3.05, 3.63) is 54.6 Å². The molecular weight excluding hydrogens is 381 g/mol. The van der Waals surface area contributed by atoms with Crippen LogP contribution in [0.3, 0.4) is 0 Å². The summed E-state index contributed by atoms with van der Waals surface area (Å²) in [6, 6.07) is 9.01. The van der Waals surface area contributed by atoms with Crippen molar-refractivity contribution in [1.82, 2.24) is 4.90 Å². The molecule has 0 aliphatic carbocycles. The zero-order chi connectivity index (χ0) is 14.7. The molecule has 2 nitrogen and oxygen atoms in total. The molecule has 0 aliphatic heterocycles. The Morgan fingerprint density at radius 2 is 2.05 bits per heavy atom. The highest BCUT2D eigenvalue weighted by Gasteiger charge is 2.16. The fourth-order valence-electron chi connectivity index (χ4n) is 1.76. The van der Waals surface area contributed by atoms with E-state index >= 15 is 0 Å². The molecule has 0 atom stereocenters. The number of hydrogen-bond acceptors (Lipinski definition) is 2. The first-order chi connectivity index (χ1) is 9.51. The lowest BCUT2D eigenvalue weighted by molar-refractivity contribution is 0.0754. The molecule has 6 heteroatoms. The van der Waals surface area contributed by atoms with Crippen molar-refractivity contribution in [3.8, 4) is 0 Å². The Balaban J connectivity index is 2.18. The van der Waals surface area contributed by atoms with E-state index in [1.54, 1.807) is 23.1 Å². The van der Waals surface area contributed by atoms with E-state index < -0.39 is 0 Å². The van der Waals surface area contributed by atoms with Crippen molar-refractivity contribution in [1.29, 1.82) is 0 Å². The first-order valence-electron chi connectivity index (χ1n) is 5.99. The number of amides is 1. The quantitative estimate of drug-likeness (QED) is 0.674. The van der Waals surface area contributed by atoms with Crippen LogP contribution in [-0.4, -0.2) is 17.4 Å². The zero-order valence-corrected chi connectivity index (χ0v) is 14.6. The Kier molecular flexibility index (Phi) is 5.49. The average Bonchev–Trinajstić information content (AvgIpc) is 2.84. The number of hydrogen-bond donors (Lipinski definition) is 0. The van der Waals surface area contributed by atoms with Gasteiger partial charge in [-0.3, -0.25) is 4.79 Å². The van der Waals surface area contributed by atoms with Crippen molar-refractivity contribution in [2.45, 2.75) is 13.5 Å². The van der Waals surface area contributed by atoms with Crippen LogP contribution >= 0.6 is 50.5 Å². The molecule has 0 unspecified atom stereocenters. The third-order valence-electron chi connectivity index (χ3n) is 2.81. The third-order valence-corrected chi connectivity index (χ3v) is 5.26. The Morgan fingerprint density at radius 3 is 2.60 bits per heavy atom. The molecule has 1 aromatic heterocycles. The maximum atomic E-state index is 12.5. The second kappa shape index (κ2) is 6.94. The van der Waals surface area contributed by atoms with E-state index in [0.717, 1.165) is 13.7 Å². The normalized spacial score (nSPS) is 10.6. The summed E-state index contributed by atoms with van der Waals surface area (Å²) in [6.45, 7) is 3.13. The summed E-state index contributed by atoms with van der Waals surface area (Å²) in [4.78, 5) is 15.3. The first kappa shape index (κ1) is 15.8. The molecule has 106 valence electrons. The lowest BCUT2D eigenvalue weighted by atomic mass is 10.2. The van der Waals surface area contributed by atoms with Crippen LogP contribution in [0.1, 0.15) is 22.2 Å². The summed E-state index contributed by atoms with van der Waals surface area (Å²) in [5.74, 6) is -0.0357. The van der Waals surface area contributed by atoms with Gasteiger partial charge in [0.05, 0.1) is 15.9 Å². The van der Waals surface area contributed by atoms with Gasteiger partial charge in [0.25, 0.3) is 5.91 Å². The Hall–Kier alpha value is -0.550. The van der Waals surface area contributed by atoms with Crippen molar-refractivity contribution in [2.75, 3.05) is 6.54 Å². The van der Waals surface area contributed by atoms with E-state index in [1.807, 2.05) is 19.1 Å². The molecular formula is C14H12BrCl2NOS. The fourth-order valence-corrected chi connectivity index (χ4v) is 3.29. The molecule has 1 heterocycles. The minimum Gasteiger partial charge on any atom is -0.334 e. The van der Waals surface area contributed by atoms with E-state index in [-0.39, 0.29) is 5.91 Å². The molecule has 0 spiro atoms. The lowest BCUT2D eigenvalue weighted by Crippen LogP contribution is -2.29. The second-order valence-corrected chi connectivity index (χ2v) is 7.22. The third kappa shape index (κ3) is 3.76. The lowest BCUT2D eigenvalue weighted by Gasteiger charge is -2.20. The van der Waals surface area contributed by atoms with Crippen molar-refractivity contribution in [2.24, 2.45) is 0 Å². The standard InChI is InChI=1S/C14H12BrCl2NOS/c1-2-18(8-10-4-6-13(17)20-10)14(19)9-3-5-11(15)12(16)7-9/h3-7H,2,8H2,1H3. The van der Waals surface area contributed by atoms with Crippen LogP contribution in [0.25, 0.3) is 0 Å². The minimum atomic E-state index is -0.0357. The van der Waals surface area contributed by atoms with Crippen LogP contribution < -0.4 is 0 Å². The van der Waals surface area contributed by atoms with Crippen LogP contribution in [-0.2, 0) is 6.54 Å². The summed E-state index contributed by atoms with van der Waals surface area (Å²) in [5, 5.41) is 0.533. The summed E-state index contributed by atoms with van der Waals surface area (Å²) < 4.78 is 1.51. The minimum absolute atomic E-state index is 0.0357. The van der Waals surface area contributed by atoms with Crippen LogP contribution in [0.4, 0.5) is 0 Å². The molecule has 0 aliphatic rings. The number of halogens is 3. The zero-order valence-electron chi connectivity index (χ0n) is 10.7. The molecule has 0 N–H and O–H groups in total. The average molecular weight is 393 g/mol. The van der Waals surface area contributed by atoms with E-state index in [0.29, 0.717) is 23.7 Å². The molecule has 0 saturated heterocycles. The molecule has 1 aromatic carbocycles. The number of benzene rings is 1. The monoisotopic (exact) mass is 391 g/mol. The highest BCUT2D eigenvalue weighted by Crippen LogP contribution is 2.26. The molecule has 20 heavy (non-hydrogen) atoms. The van der Waals surface area contributed by atoms with Gasteiger partial charge < -0.3 is 4.90 Å². The maximum absolute atomic E-state index is 12.5.